The zero-order valence-corrected chi connectivity index (χ0v) is 20.1. The lowest BCUT2D eigenvalue weighted by molar-refractivity contribution is 0.0835. The second-order valence-corrected chi connectivity index (χ2v) is 10.3. The highest BCUT2D eigenvalue weighted by molar-refractivity contribution is 5.82. The van der Waals surface area contributed by atoms with E-state index in [1.807, 2.05) is 23.9 Å². The Kier molecular flexibility index (Phi) is 5.75. The lowest BCUT2D eigenvalue weighted by Gasteiger charge is -2.36. The fourth-order valence-electron chi connectivity index (χ4n) is 5.86. The Labute approximate surface area is 200 Å². The number of aliphatic hydroxyl groups is 1. The Morgan fingerprint density at radius 1 is 1.06 bits per heavy atom. The van der Waals surface area contributed by atoms with Gasteiger partial charge in [0.1, 0.15) is 11.6 Å². The van der Waals surface area contributed by atoms with Gasteiger partial charge >= 0.3 is 0 Å². The third-order valence-corrected chi connectivity index (χ3v) is 7.85. The summed E-state index contributed by atoms with van der Waals surface area (Å²) < 4.78 is 7.55. The maximum Gasteiger partial charge on any atom is 0.159 e. The number of likely N-dealkylation sites (tertiary alicyclic amines) is 1. The zero-order chi connectivity index (χ0) is 23.2. The number of ether oxygens (including phenoxy) is 1. The summed E-state index contributed by atoms with van der Waals surface area (Å²) in [6, 6.07) is 7.45. The smallest absolute Gasteiger partial charge is 0.159 e. The predicted molar refractivity (Wildman–Crippen MR) is 132 cm³/mol. The molecule has 1 unspecified atom stereocenters. The summed E-state index contributed by atoms with van der Waals surface area (Å²) in [5.74, 6) is 2.84. The number of aryl methyl sites for hydroxylation is 2. The molecule has 1 aliphatic carbocycles. The number of rotatable bonds is 5. The van der Waals surface area contributed by atoms with Crippen molar-refractivity contribution in [3.8, 4) is 5.82 Å². The summed E-state index contributed by atoms with van der Waals surface area (Å²) in [6.07, 6.45) is 6.80. The van der Waals surface area contributed by atoms with Crippen molar-refractivity contribution in [3.63, 3.8) is 0 Å². The molecule has 2 saturated heterocycles. The van der Waals surface area contributed by atoms with Gasteiger partial charge < -0.3 is 15.2 Å². The van der Waals surface area contributed by atoms with Gasteiger partial charge in [-0.05, 0) is 88.2 Å². The first-order chi connectivity index (χ1) is 16.5. The highest BCUT2D eigenvalue weighted by Gasteiger charge is 2.29. The number of aliphatic hydroxyl groups excluding tert-OH is 1. The molecule has 2 N–H and O–H groups in total. The molecule has 1 atom stereocenters. The zero-order valence-electron chi connectivity index (χ0n) is 20.1. The molecule has 0 radical (unpaired) electrons. The van der Waals surface area contributed by atoms with Crippen molar-refractivity contribution < 1.29 is 9.84 Å². The number of nitrogens with one attached hydrogen (secondary N) is 1. The van der Waals surface area contributed by atoms with Crippen LogP contribution in [0, 0.1) is 13.8 Å². The minimum Gasteiger partial charge on any atom is -0.393 e. The molecule has 2 aromatic heterocycles. The Morgan fingerprint density at radius 3 is 2.62 bits per heavy atom. The van der Waals surface area contributed by atoms with E-state index in [0.29, 0.717) is 17.8 Å². The van der Waals surface area contributed by atoms with Crippen molar-refractivity contribution >= 4 is 16.7 Å². The highest BCUT2D eigenvalue weighted by atomic mass is 16.5. The SMILES string of the molecule is Cc1nc(NC2CC(O)C2)cc(-n2ncc3cc(C)c(C4CCN(C5CCOC5)CC4)cc32)n1. The van der Waals surface area contributed by atoms with Crippen LogP contribution in [0.5, 0.6) is 0 Å². The first-order valence-electron chi connectivity index (χ1n) is 12.6. The Bertz CT molecular complexity index is 1170. The standard InChI is InChI=1S/C26H34N6O2/c1-16-9-19-14-27-32(26-13-25(28-17(2)29-26)30-20-10-22(33)11-20)24(19)12-23(16)18-3-6-31(7-4-18)21-5-8-34-15-21/h9,12-14,18,20-22,33H,3-8,10-11,15H2,1-2H3,(H,28,29,30). The van der Waals surface area contributed by atoms with E-state index in [1.165, 1.54) is 30.4 Å². The minimum atomic E-state index is -0.199. The molecular formula is C26H34N6O2. The van der Waals surface area contributed by atoms with Crippen molar-refractivity contribution in [1.29, 1.82) is 0 Å². The second-order valence-electron chi connectivity index (χ2n) is 10.3. The van der Waals surface area contributed by atoms with Crippen LogP contribution in [-0.2, 0) is 4.74 Å². The number of benzene rings is 1. The van der Waals surface area contributed by atoms with Gasteiger partial charge in [-0.3, -0.25) is 4.90 Å². The molecule has 8 nitrogen and oxygen atoms in total. The van der Waals surface area contributed by atoms with Gasteiger partial charge in [0.2, 0.25) is 0 Å². The van der Waals surface area contributed by atoms with Crippen LogP contribution in [-0.4, -0.2) is 74.2 Å². The molecule has 0 amide bonds. The number of aromatic nitrogens is 4. The first-order valence-corrected chi connectivity index (χ1v) is 12.6. The monoisotopic (exact) mass is 462 g/mol. The summed E-state index contributed by atoms with van der Waals surface area (Å²) in [6.45, 7) is 8.23. The molecule has 3 aliphatic rings. The van der Waals surface area contributed by atoms with Crippen molar-refractivity contribution in [2.45, 2.75) is 70.1 Å². The minimum absolute atomic E-state index is 0.199. The fourth-order valence-corrected chi connectivity index (χ4v) is 5.86. The summed E-state index contributed by atoms with van der Waals surface area (Å²) in [7, 11) is 0. The Hall–Kier alpha value is -2.55. The molecular weight excluding hydrogens is 428 g/mol. The molecule has 3 fully saturated rings. The molecule has 8 heteroatoms. The molecule has 0 bridgehead atoms. The number of piperidine rings is 1. The number of hydrogen-bond acceptors (Lipinski definition) is 7. The topological polar surface area (TPSA) is 88.3 Å². The van der Waals surface area contributed by atoms with E-state index >= 15 is 0 Å². The second kappa shape index (κ2) is 8.91. The van der Waals surface area contributed by atoms with Gasteiger partial charge in [0.15, 0.2) is 5.82 Å². The van der Waals surface area contributed by atoms with E-state index in [1.54, 1.807) is 0 Å². The van der Waals surface area contributed by atoms with Crippen LogP contribution in [0.25, 0.3) is 16.7 Å². The number of fused-ring (bicyclic) bond motifs is 1. The van der Waals surface area contributed by atoms with Gasteiger partial charge in [0, 0.05) is 30.1 Å². The third kappa shape index (κ3) is 4.19. The molecule has 1 aromatic carbocycles. The van der Waals surface area contributed by atoms with E-state index in [9.17, 15) is 5.11 Å². The summed E-state index contributed by atoms with van der Waals surface area (Å²) in [5, 5.41) is 18.9. The van der Waals surface area contributed by atoms with E-state index < -0.39 is 0 Å². The van der Waals surface area contributed by atoms with Crippen LogP contribution in [0.2, 0.25) is 0 Å². The fraction of sp³-hybridized carbons (Fsp3) is 0.577. The van der Waals surface area contributed by atoms with Crippen molar-refractivity contribution in [3.05, 3.63) is 41.3 Å². The molecule has 2 aliphatic heterocycles. The van der Waals surface area contributed by atoms with E-state index in [4.69, 9.17) is 14.8 Å². The average Bonchev–Trinajstić information content (AvgIpc) is 3.47. The number of anilines is 1. The summed E-state index contributed by atoms with van der Waals surface area (Å²) >= 11 is 0. The quantitative estimate of drug-likeness (QED) is 0.601. The molecule has 6 rings (SSSR count). The van der Waals surface area contributed by atoms with Crippen molar-refractivity contribution in [2.75, 3.05) is 31.6 Å². The molecule has 1 saturated carbocycles. The van der Waals surface area contributed by atoms with Gasteiger partial charge in [-0.15, -0.1) is 0 Å². The van der Waals surface area contributed by atoms with E-state index in [0.717, 1.165) is 61.7 Å². The van der Waals surface area contributed by atoms with Gasteiger partial charge in [-0.1, -0.05) is 0 Å². The molecule has 180 valence electrons. The normalized spacial score (nSPS) is 26.1. The van der Waals surface area contributed by atoms with E-state index in [-0.39, 0.29) is 12.1 Å². The van der Waals surface area contributed by atoms with Gasteiger partial charge in [-0.25, -0.2) is 14.6 Å². The average molecular weight is 463 g/mol. The van der Waals surface area contributed by atoms with Crippen LogP contribution in [0.1, 0.15) is 55.0 Å². The van der Waals surface area contributed by atoms with Crippen LogP contribution in [0.4, 0.5) is 5.82 Å². The molecule has 0 spiro atoms. The summed E-state index contributed by atoms with van der Waals surface area (Å²) in [5.41, 5.74) is 3.87. The van der Waals surface area contributed by atoms with Crippen LogP contribution < -0.4 is 5.32 Å². The Balaban J connectivity index is 1.26. The molecule has 4 heterocycles. The predicted octanol–water partition coefficient (Wildman–Crippen LogP) is 3.34. The molecule has 34 heavy (non-hydrogen) atoms. The Morgan fingerprint density at radius 2 is 1.88 bits per heavy atom. The van der Waals surface area contributed by atoms with Crippen LogP contribution >= 0.6 is 0 Å². The van der Waals surface area contributed by atoms with E-state index in [2.05, 4.69) is 34.3 Å². The number of hydrogen-bond donors (Lipinski definition) is 2. The van der Waals surface area contributed by atoms with Crippen LogP contribution in [0.15, 0.2) is 24.4 Å². The van der Waals surface area contributed by atoms with Crippen molar-refractivity contribution in [1.82, 2.24) is 24.6 Å². The largest absolute Gasteiger partial charge is 0.393 e. The lowest BCUT2D eigenvalue weighted by Crippen LogP contribution is -2.41. The highest BCUT2D eigenvalue weighted by Crippen LogP contribution is 2.34. The van der Waals surface area contributed by atoms with Gasteiger partial charge in [-0.2, -0.15) is 5.10 Å². The van der Waals surface area contributed by atoms with Gasteiger partial charge in [0.05, 0.1) is 24.4 Å². The molecule has 3 aromatic rings. The first kappa shape index (κ1) is 21.9. The summed E-state index contributed by atoms with van der Waals surface area (Å²) in [4.78, 5) is 11.9. The lowest BCUT2D eigenvalue weighted by atomic mass is 9.86. The van der Waals surface area contributed by atoms with Gasteiger partial charge in [0.25, 0.3) is 0 Å². The third-order valence-electron chi connectivity index (χ3n) is 7.85. The number of nitrogens with zero attached hydrogens (tertiary/aromatic N) is 5. The van der Waals surface area contributed by atoms with Crippen LogP contribution in [0.3, 0.4) is 0 Å². The maximum absolute atomic E-state index is 9.60. The maximum atomic E-state index is 9.60. The van der Waals surface area contributed by atoms with Crippen molar-refractivity contribution in [2.24, 2.45) is 0 Å².